The zero-order valence-electron chi connectivity index (χ0n) is 12.2. The number of ether oxygens (including phenoxy) is 1. The van der Waals surface area contributed by atoms with Crippen LogP contribution in [0, 0.1) is 24.7 Å². The monoisotopic (exact) mass is 274 g/mol. The van der Waals surface area contributed by atoms with Crippen LogP contribution in [0.4, 0.5) is 5.95 Å². The molecule has 5 heteroatoms. The van der Waals surface area contributed by atoms with Gasteiger partial charge in [0.1, 0.15) is 0 Å². The number of piperidine rings is 1. The van der Waals surface area contributed by atoms with Gasteiger partial charge in [-0.05, 0) is 25.7 Å². The van der Waals surface area contributed by atoms with Crippen molar-refractivity contribution < 1.29 is 4.74 Å². The number of nitrogens with zero attached hydrogens (tertiary/aromatic N) is 3. The molecule has 5 nitrogen and oxygen atoms in total. The fourth-order valence-corrected chi connectivity index (χ4v) is 2.18. The van der Waals surface area contributed by atoms with Gasteiger partial charge in [0, 0.05) is 24.8 Å². The molecule has 1 aromatic rings. The van der Waals surface area contributed by atoms with Crippen molar-refractivity contribution >= 4 is 5.95 Å². The highest BCUT2D eigenvalue weighted by Crippen LogP contribution is 2.22. The summed E-state index contributed by atoms with van der Waals surface area (Å²) < 4.78 is 5.53. The van der Waals surface area contributed by atoms with Crippen molar-refractivity contribution in [2.75, 3.05) is 31.1 Å². The highest BCUT2D eigenvalue weighted by molar-refractivity contribution is 5.34. The predicted octanol–water partition coefficient (Wildman–Crippen LogP) is 1.36. The van der Waals surface area contributed by atoms with E-state index in [1.807, 2.05) is 13.0 Å². The molecule has 0 bridgehead atoms. The average molecular weight is 274 g/mol. The molecule has 0 saturated carbocycles. The van der Waals surface area contributed by atoms with Gasteiger partial charge in [0.2, 0.25) is 11.8 Å². The second kappa shape index (κ2) is 7.11. The zero-order valence-corrected chi connectivity index (χ0v) is 12.2. The number of hydrogen-bond donors (Lipinski definition) is 1. The van der Waals surface area contributed by atoms with E-state index in [2.05, 4.69) is 33.6 Å². The van der Waals surface area contributed by atoms with Crippen LogP contribution in [0.15, 0.2) is 6.07 Å². The van der Waals surface area contributed by atoms with Crippen molar-refractivity contribution in [3.63, 3.8) is 0 Å². The van der Waals surface area contributed by atoms with Crippen LogP contribution in [0.5, 0.6) is 5.88 Å². The summed E-state index contributed by atoms with van der Waals surface area (Å²) in [6, 6.07) is 1.83. The first-order valence-corrected chi connectivity index (χ1v) is 7.08. The third-order valence-corrected chi connectivity index (χ3v) is 3.40. The summed E-state index contributed by atoms with van der Waals surface area (Å²) in [6.07, 6.45) is 2.38. The van der Waals surface area contributed by atoms with Crippen LogP contribution in [-0.4, -0.2) is 36.2 Å². The first-order valence-electron chi connectivity index (χ1n) is 7.08. The second-order valence-corrected chi connectivity index (χ2v) is 5.16. The van der Waals surface area contributed by atoms with Gasteiger partial charge in [0.05, 0.1) is 6.54 Å². The molecule has 2 heterocycles. The van der Waals surface area contributed by atoms with Crippen LogP contribution in [0.1, 0.15) is 25.5 Å². The highest BCUT2D eigenvalue weighted by atomic mass is 16.5. The molecule has 1 fully saturated rings. The Kier molecular flexibility index (Phi) is 5.19. The van der Waals surface area contributed by atoms with E-state index in [0.29, 0.717) is 19.0 Å². The minimum atomic E-state index is 0.310. The van der Waals surface area contributed by atoms with E-state index in [0.717, 1.165) is 30.6 Å². The van der Waals surface area contributed by atoms with Gasteiger partial charge in [-0.2, -0.15) is 4.98 Å². The van der Waals surface area contributed by atoms with Gasteiger partial charge in [-0.1, -0.05) is 18.8 Å². The van der Waals surface area contributed by atoms with Crippen molar-refractivity contribution in [2.24, 2.45) is 11.7 Å². The Hall–Kier alpha value is -1.80. The predicted molar refractivity (Wildman–Crippen MR) is 79.7 cm³/mol. The average Bonchev–Trinajstić information content (AvgIpc) is 2.44. The molecule has 1 saturated heterocycles. The lowest BCUT2D eigenvalue weighted by molar-refractivity contribution is 0.353. The Balaban J connectivity index is 2.04. The third kappa shape index (κ3) is 4.10. The molecule has 0 amide bonds. The number of aryl methyl sites for hydroxylation is 1. The minimum absolute atomic E-state index is 0.310. The molecule has 1 aromatic heterocycles. The van der Waals surface area contributed by atoms with Gasteiger partial charge in [0.25, 0.3) is 0 Å². The second-order valence-electron chi connectivity index (χ2n) is 5.16. The summed E-state index contributed by atoms with van der Waals surface area (Å²) in [5.74, 6) is 7.74. The number of aromatic nitrogens is 2. The van der Waals surface area contributed by atoms with Crippen molar-refractivity contribution in [3.05, 3.63) is 11.8 Å². The van der Waals surface area contributed by atoms with Crippen LogP contribution >= 0.6 is 0 Å². The van der Waals surface area contributed by atoms with Crippen molar-refractivity contribution in [1.29, 1.82) is 0 Å². The fraction of sp³-hybridized carbons (Fsp3) is 0.600. The molecule has 2 N–H and O–H groups in total. The van der Waals surface area contributed by atoms with Gasteiger partial charge in [0.15, 0.2) is 6.61 Å². The number of rotatable bonds is 3. The standard InChI is InChI=1S/C15H22N4O/c1-12-5-8-19(9-6-12)15-17-13(2)11-14(18-15)20-10-4-3-7-16/h11-12H,5-10,16H2,1-2H3. The Morgan fingerprint density at radius 1 is 1.35 bits per heavy atom. The molecule has 0 spiro atoms. The van der Waals surface area contributed by atoms with Gasteiger partial charge < -0.3 is 15.4 Å². The summed E-state index contributed by atoms with van der Waals surface area (Å²) in [5.41, 5.74) is 6.22. The Morgan fingerprint density at radius 3 is 2.80 bits per heavy atom. The van der Waals surface area contributed by atoms with Crippen LogP contribution in [-0.2, 0) is 0 Å². The lowest BCUT2D eigenvalue weighted by Crippen LogP contribution is -2.34. The lowest BCUT2D eigenvalue weighted by Gasteiger charge is -2.30. The third-order valence-electron chi connectivity index (χ3n) is 3.40. The van der Waals surface area contributed by atoms with Gasteiger partial charge >= 0.3 is 0 Å². The molecule has 0 aliphatic carbocycles. The Labute approximate surface area is 120 Å². The number of nitrogens with two attached hydrogens (primary N) is 1. The van der Waals surface area contributed by atoms with Crippen LogP contribution in [0.3, 0.4) is 0 Å². The van der Waals surface area contributed by atoms with Gasteiger partial charge in [-0.3, -0.25) is 0 Å². The molecule has 20 heavy (non-hydrogen) atoms. The molecule has 0 unspecified atom stereocenters. The number of hydrogen-bond acceptors (Lipinski definition) is 5. The molecule has 1 aliphatic heterocycles. The smallest absolute Gasteiger partial charge is 0.228 e. The normalized spacial score (nSPS) is 15.7. The zero-order chi connectivity index (χ0) is 14.4. The topological polar surface area (TPSA) is 64.3 Å². The van der Waals surface area contributed by atoms with Gasteiger partial charge in [-0.25, -0.2) is 4.98 Å². The van der Waals surface area contributed by atoms with Crippen molar-refractivity contribution in [3.8, 4) is 17.7 Å². The molecule has 1 aliphatic rings. The molecule has 108 valence electrons. The van der Waals surface area contributed by atoms with Crippen molar-refractivity contribution in [1.82, 2.24) is 9.97 Å². The van der Waals surface area contributed by atoms with E-state index in [-0.39, 0.29) is 0 Å². The molecular formula is C15H22N4O. The SMILES string of the molecule is Cc1cc(OCC#CCN)nc(N2CCC(C)CC2)n1. The maximum absolute atomic E-state index is 5.53. The first kappa shape index (κ1) is 14.6. The van der Waals surface area contributed by atoms with Crippen LogP contribution in [0.2, 0.25) is 0 Å². The quantitative estimate of drug-likeness (QED) is 0.843. The summed E-state index contributed by atoms with van der Waals surface area (Å²) in [7, 11) is 0. The fourth-order valence-electron chi connectivity index (χ4n) is 2.18. The van der Waals surface area contributed by atoms with E-state index < -0.39 is 0 Å². The van der Waals surface area contributed by atoms with E-state index in [9.17, 15) is 0 Å². The summed E-state index contributed by atoms with van der Waals surface area (Å²) in [4.78, 5) is 11.2. The van der Waals surface area contributed by atoms with E-state index in [1.165, 1.54) is 12.8 Å². The Morgan fingerprint density at radius 2 is 2.10 bits per heavy atom. The maximum Gasteiger partial charge on any atom is 0.228 e. The lowest BCUT2D eigenvalue weighted by atomic mass is 10.00. The summed E-state index contributed by atoms with van der Waals surface area (Å²) in [5, 5.41) is 0. The largest absolute Gasteiger partial charge is 0.464 e. The molecular weight excluding hydrogens is 252 g/mol. The summed E-state index contributed by atoms with van der Waals surface area (Å²) in [6.45, 7) is 6.93. The molecule has 0 atom stereocenters. The first-order chi connectivity index (χ1) is 9.69. The maximum atomic E-state index is 5.53. The molecule has 0 radical (unpaired) electrons. The van der Waals surface area contributed by atoms with Crippen LogP contribution in [0.25, 0.3) is 0 Å². The number of anilines is 1. The van der Waals surface area contributed by atoms with Crippen molar-refractivity contribution in [2.45, 2.75) is 26.7 Å². The van der Waals surface area contributed by atoms with Crippen LogP contribution < -0.4 is 15.4 Å². The van der Waals surface area contributed by atoms with E-state index >= 15 is 0 Å². The summed E-state index contributed by atoms with van der Waals surface area (Å²) >= 11 is 0. The highest BCUT2D eigenvalue weighted by Gasteiger charge is 2.18. The van der Waals surface area contributed by atoms with Gasteiger partial charge in [-0.15, -0.1) is 0 Å². The van der Waals surface area contributed by atoms with E-state index in [4.69, 9.17) is 10.5 Å². The van der Waals surface area contributed by atoms with E-state index in [1.54, 1.807) is 0 Å². The Bertz CT molecular complexity index is 498. The molecule has 2 rings (SSSR count). The molecule has 0 aromatic carbocycles. The minimum Gasteiger partial charge on any atom is -0.464 e.